The molecule has 0 aliphatic carbocycles. The predicted molar refractivity (Wildman–Crippen MR) is 123 cm³/mol. The largest absolute Gasteiger partial charge is 0.550 e. The molecule has 0 atom stereocenters. The van der Waals surface area contributed by atoms with Crippen LogP contribution in [0.5, 0.6) is 0 Å². The van der Waals surface area contributed by atoms with E-state index in [0.717, 1.165) is 19.3 Å². The molecule has 174 valence electrons. The van der Waals surface area contributed by atoms with E-state index in [1.807, 2.05) is 0 Å². The molecule has 0 aromatic carbocycles. The zero-order chi connectivity index (χ0) is 21.3. The van der Waals surface area contributed by atoms with Gasteiger partial charge in [0.2, 0.25) is 0 Å². The first kappa shape index (κ1) is 28.4. The van der Waals surface area contributed by atoms with E-state index >= 15 is 0 Å². The summed E-state index contributed by atoms with van der Waals surface area (Å²) < 4.78 is 0. The first-order valence-corrected chi connectivity index (χ1v) is 13.1. The number of aliphatic hydroxyl groups excluding tert-OH is 1. The fraction of sp³-hybridized carbons (Fsp3) is 0.962. The SMILES string of the molecule is O=C([O-])CCCCCCCCCCCCCCCCCCCCCCCCCO. The molecular formula is C26H51O3-. The Labute approximate surface area is 182 Å². The fourth-order valence-electron chi connectivity index (χ4n) is 4.09. The second-order valence-electron chi connectivity index (χ2n) is 8.98. The molecule has 0 saturated carbocycles. The number of rotatable bonds is 25. The van der Waals surface area contributed by atoms with E-state index in [9.17, 15) is 9.90 Å². The van der Waals surface area contributed by atoms with Crippen molar-refractivity contribution in [3.8, 4) is 0 Å². The Morgan fingerprint density at radius 1 is 0.414 bits per heavy atom. The molecule has 0 fully saturated rings. The Balaban J connectivity index is 2.99. The van der Waals surface area contributed by atoms with Gasteiger partial charge >= 0.3 is 0 Å². The molecular weight excluding hydrogens is 360 g/mol. The third kappa shape index (κ3) is 27.4. The van der Waals surface area contributed by atoms with Gasteiger partial charge in [-0.15, -0.1) is 0 Å². The lowest BCUT2D eigenvalue weighted by Crippen LogP contribution is -2.21. The van der Waals surface area contributed by atoms with Crippen LogP contribution in [0, 0.1) is 0 Å². The van der Waals surface area contributed by atoms with Crippen molar-refractivity contribution in [2.45, 2.75) is 154 Å². The number of carbonyl (C=O) groups is 1. The quantitative estimate of drug-likeness (QED) is 0.163. The van der Waals surface area contributed by atoms with Gasteiger partial charge in [-0.1, -0.05) is 135 Å². The Bertz CT molecular complexity index is 317. The highest BCUT2D eigenvalue weighted by atomic mass is 16.4. The lowest BCUT2D eigenvalue weighted by atomic mass is 10.0. The first-order chi connectivity index (χ1) is 14.3. The molecule has 0 radical (unpaired) electrons. The molecule has 29 heavy (non-hydrogen) atoms. The van der Waals surface area contributed by atoms with Crippen LogP contribution < -0.4 is 5.11 Å². The maximum Gasteiger partial charge on any atom is 0.0431 e. The summed E-state index contributed by atoms with van der Waals surface area (Å²) in [6.45, 7) is 0.360. The van der Waals surface area contributed by atoms with Crippen molar-refractivity contribution < 1.29 is 15.0 Å². The minimum Gasteiger partial charge on any atom is -0.550 e. The molecule has 0 amide bonds. The summed E-state index contributed by atoms with van der Waals surface area (Å²) in [5.41, 5.74) is 0. The normalized spacial score (nSPS) is 11.2. The molecule has 0 aromatic rings. The number of carbonyl (C=O) groups excluding carboxylic acids is 1. The molecule has 0 aromatic heterocycles. The smallest absolute Gasteiger partial charge is 0.0431 e. The molecule has 0 aliphatic heterocycles. The van der Waals surface area contributed by atoms with Gasteiger partial charge in [-0.05, 0) is 19.3 Å². The maximum atomic E-state index is 10.3. The molecule has 3 heteroatoms. The molecule has 0 bridgehead atoms. The minimum absolute atomic E-state index is 0.229. The van der Waals surface area contributed by atoms with Crippen LogP contribution in [0.3, 0.4) is 0 Å². The molecule has 0 saturated heterocycles. The predicted octanol–water partition coefficient (Wildman–Crippen LogP) is 7.09. The van der Waals surface area contributed by atoms with Crippen LogP contribution >= 0.6 is 0 Å². The van der Waals surface area contributed by atoms with E-state index in [0.29, 0.717) is 6.61 Å². The summed E-state index contributed by atoms with van der Waals surface area (Å²) in [5, 5.41) is 19.0. The molecule has 0 heterocycles. The summed E-state index contributed by atoms with van der Waals surface area (Å²) in [6, 6.07) is 0. The van der Waals surface area contributed by atoms with Crippen LogP contribution in [-0.4, -0.2) is 17.7 Å². The maximum absolute atomic E-state index is 10.3. The lowest BCUT2D eigenvalue weighted by Gasteiger charge is -2.04. The van der Waals surface area contributed by atoms with Crippen molar-refractivity contribution in [1.82, 2.24) is 0 Å². The van der Waals surface area contributed by atoms with Crippen molar-refractivity contribution in [3.63, 3.8) is 0 Å². The van der Waals surface area contributed by atoms with E-state index in [1.54, 1.807) is 0 Å². The topological polar surface area (TPSA) is 60.4 Å². The van der Waals surface area contributed by atoms with Gasteiger partial charge in [-0.2, -0.15) is 0 Å². The Morgan fingerprint density at radius 3 is 0.828 bits per heavy atom. The van der Waals surface area contributed by atoms with E-state index in [4.69, 9.17) is 5.11 Å². The van der Waals surface area contributed by atoms with E-state index in [2.05, 4.69) is 0 Å². The standard InChI is InChI=1S/C26H52O3/c27-25-23-21-19-17-15-13-11-9-7-5-3-1-2-4-6-8-10-12-14-16-18-20-22-24-26(28)29/h27H,1-25H2,(H,28,29)/p-1. The van der Waals surface area contributed by atoms with Crippen molar-refractivity contribution in [3.05, 3.63) is 0 Å². The number of aliphatic carboxylic acids is 1. The minimum atomic E-state index is -0.905. The number of carboxylic acid groups (broad SMARTS) is 1. The molecule has 0 aliphatic rings. The van der Waals surface area contributed by atoms with Crippen molar-refractivity contribution in [1.29, 1.82) is 0 Å². The third-order valence-corrected chi connectivity index (χ3v) is 6.04. The van der Waals surface area contributed by atoms with E-state index < -0.39 is 5.97 Å². The highest BCUT2D eigenvalue weighted by molar-refractivity contribution is 5.63. The number of hydrogen-bond acceptors (Lipinski definition) is 3. The number of unbranched alkanes of at least 4 members (excludes halogenated alkanes) is 22. The second-order valence-corrected chi connectivity index (χ2v) is 8.98. The average molecular weight is 412 g/mol. The highest BCUT2D eigenvalue weighted by Gasteiger charge is 1.96. The summed E-state index contributed by atoms with van der Waals surface area (Å²) in [7, 11) is 0. The van der Waals surface area contributed by atoms with Crippen LogP contribution in [0.25, 0.3) is 0 Å². The summed E-state index contributed by atoms with van der Waals surface area (Å²) in [4.78, 5) is 10.3. The van der Waals surface area contributed by atoms with Gasteiger partial charge in [0.25, 0.3) is 0 Å². The Hall–Kier alpha value is -0.570. The van der Waals surface area contributed by atoms with Gasteiger partial charge in [-0.3, -0.25) is 0 Å². The summed E-state index contributed by atoms with van der Waals surface area (Å²) in [6.07, 6.45) is 30.4. The van der Waals surface area contributed by atoms with Crippen LogP contribution in [0.2, 0.25) is 0 Å². The van der Waals surface area contributed by atoms with Crippen molar-refractivity contribution >= 4 is 5.97 Å². The van der Waals surface area contributed by atoms with E-state index in [1.165, 1.54) is 128 Å². The average Bonchev–Trinajstić information content (AvgIpc) is 2.71. The van der Waals surface area contributed by atoms with Gasteiger partial charge in [0.15, 0.2) is 0 Å². The Kier molecular flexibility index (Phi) is 25.0. The molecule has 3 nitrogen and oxygen atoms in total. The highest BCUT2D eigenvalue weighted by Crippen LogP contribution is 2.15. The molecule has 1 N–H and O–H groups in total. The third-order valence-electron chi connectivity index (χ3n) is 6.04. The number of carboxylic acids is 1. The second kappa shape index (κ2) is 25.5. The first-order valence-electron chi connectivity index (χ1n) is 13.1. The van der Waals surface area contributed by atoms with E-state index in [-0.39, 0.29) is 6.42 Å². The molecule has 0 unspecified atom stereocenters. The van der Waals surface area contributed by atoms with Gasteiger partial charge in [0.05, 0.1) is 0 Å². The monoisotopic (exact) mass is 411 g/mol. The van der Waals surface area contributed by atoms with Crippen LogP contribution in [0.1, 0.15) is 154 Å². The van der Waals surface area contributed by atoms with Crippen LogP contribution in [0.15, 0.2) is 0 Å². The van der Waals surface area contributed by atoms with Crippen molar-refractivity contribution in [2.24, 2.45) is 0 Å². The van der Waals surface area contributed by atoms with Gasteiger partial charge in [-0.25, -0.2) is 0 Å². The summed E-state index contributed by atoms with van der Waals surface area (Å²) in [5.74, 6) is -0.905. The van der Waals surface area contributed by atoms with Crippen LogP contribution in [-0.2, 0) is 4.79 Å². The zero-order valence-electron chi connectivity index (χ0n) is 19.4. The van der Waals surface area contributed by atoms with Crippen molar-refractivity contribution in [2.75, 3.05) is 6.61 Å². The molecule has 0 rings (SSSR count). The lowest BCUT2D eigenvalue weighted by molar-refractivity contribution is -0.305. The van der Waals surface area contributed by atoms with Gasteiger partial charge in [0, 0.05) is 12.6 Å². The summed E-state index contributed by atoms with van der Waals surface area (Å²) >= 11 is 0. The Morgan fingerprint density at radius 2 is 0.621 bits per heavy atom. The van der Waals surface area contributed by atoms with Gasteiger partial charge < -0.3 is 15.0 Å². The van der Waals surface area contributed by atoms with Gasteiger partial charge in [0.1, 0.15) is 0 Å². The number of hydrogen-bond donors (Lipinski definition) is 1. The number of aliphatic hydroxyl groups is 1. The zero-order valence-corrected chi connectivity index (χ0v) is 19.4. The fourth-order valence-corrected chi connectivity index (χ4v) is 4.09. The molecule has 0 spiro atoms. The van der Waals surface area contributed by atoms with Crippen LogP contribution in [0.4, 0.5) is 0 Å².